The first-order valence-corrected chi connectivity index (χ1v) is 9.78. The summed E-state index contributed by atoms with van der Waals surface area (Å²) in [5.41, 5.74) is 4.17. The highest BCUT2D eigenvalue weighted by atomic mass is 32.2. The van der Waals surface area contributed by atoms with Gasteiger partial charge < -0.3 is 14.3 Å². The minimum Gasteiger partial charge on any atom is -0.465 e. The molecule has 0 aliphatic heterocycles. The number of hydrogen-bond donors (Lipinski definition) is 1. The molecular formula is C21H23N3O3S. The number of rotatable bonds is 6. The zero-order valence-electron chi connectivity index (χ0n) is 16.6. The van der Waals surface area contributed by atoms with E-state index < -0.39 is 5.97 Å². The number of esters is 1. The van der Waals surface area contributed by atoms with E-state index in [4.69, 9.17) is 4.74 Å². The molecule has 1 atom stereocenters. The van der Waals surface area contributed by atoms with Gasteiger partial charge in [0.1, 0.15) is 0 Å². The van der Waals surface area contributed by atoms with Gasteiger partial charge in [-0.1, -0.05) is 42.1 Å². The summed E-state index contributed by atoms with van der Waals surface area (Å²) in [6.45, 7) is 5.37. The smallest absolute Gasteiger partial charge is 0.339 e. The molecule has 3 rings (SSSR count). The van der Waals surface area contributed by atoms with Crippen LogP contribution in [0.3, 0.4) is 0 Å². The summed E-state index contributed by atoms with van der Waals surface area (Å²) in [5.74, 6) is -0.521. The quantitative estimate of drug-likeness (QED) is 0.384. The van der Waals surface area contributed by atoms with Gasteiger partial charge in [-0.15, -0.1) is 0 Å². The van der Waals surface area contributed by atoms with Crippen LogP contribution in [0.4, 0.5) is 0 Å². The van der Waals surface area contributed by atoms with E-state index in [-0.39, 0.29) is 11.0 Å². The van der Waals surface area contributed by atoms with Gasteiger partial charge in [0.15, 0.2) is 10.9 Å². The number of aryl methyl sites for hydroxylation is 1. The maximum absolute atomic E-state index is 13.0. The van der Waals surface area contributed by atoms with Crippen molar-refractivity contribution in [2.45, 2.75) is 31.2 Å². The zero-order chi connectivity index (χ0) is 20.4. The molecule has 2 aromatic heterocycles. The first-order valence-electron chi connectivity index (χ1n) is 8.90. The van der Waals surface area contributed by atoms with Gasteiger partial charge in [-0.25, -0.2) is 9.78 Å². The van der Waals surface area contributed by atoms with E-state index in [0.717, 1.165) is 16.4 Å². The molecule has 6 nitrogen and oxygen atoms in total. The largest absolute Gasteiger partial charge is 0.465 e. The molecule has 0 saturated carbocycles. The Morgan fingerprint density at radius 1 is 1.21 bits per heavy atom. The number of imidazole rings is 1. The number of Topliss-reactive ketones (excluding diaryl/α,β-unsaturated/α-hetero) is 1. The summed E-state index contributed by atoms with van der Waals surface area (Å²) in [6, 6.07) is 9.99. The molecule has 0 aliphatic carbocycles. The van der Waals surface area contributed by atoms with Crippen LogP contribution < -0.4 is 0 Å². The molecule has 0 fully saturated rings. The summed E-state index contributed by atoms with van der Waals surface area (Å²) in [6.07, 6.45) is 1.81. The van der Waals surface area contributed by atoms with E-state index in [0.29, 0.717) is 22.5 Å². The number of hydrogen-bond acceptors (Lipinski definition) is 5. The number of aromatic amines is 1. The van der Waals surface area contributed by atoms with Gasteiger partial charge >= 0.3 is 5.97 Å². The van der Waals surface area contributed by atoms with Gasteiger partial charge in [0.2, 0.25) is 0 Å². The highest BCUT2D eigenvalue weighted by Crippen LogP contribution is 2.30. The van der Waals surface area contributed by atoms with Crippen molar-refractivity contribution in [3.8, 4) is 11.3 Å². The predicted molar refractivity (Wildman–Crippen MR) is 110 cm³/mol. The van der Waals surface area contributed by atoms with Crippen molar-refractivity contribution >= 4 is 23.5 Å². The monoisotopic (exact) mass is 397 g/mol. The Morgan fingerprint density at radius 3 is 2.54 bits per heavy atom. The Bertz CT molecular complexity index is 1020. The van der Waals surface area contributed by atoms with Crippen molar-refractivity contribution in [1.29, 1.82) is 0 Å². The number of methoxy groups -OCH3 is 1. The molecule has 0 aliphatic rings. The van der Waals surface area contributed by atoms with E-state index in [1.807, 2.05) is 55.1 Å². The lowest BCUT2D eigenvalue weighted by molar-refractivity contribution is 0.0599. The van der Waals surface area contributed by atoms with Crippen LogP contribution in [0.2, 0.25) is 0 Å². The number of ketones is 1. The van der Waals surface area contributed by atoms with Crippen LogP contribution in [-0.4, -0.2) is 38.6 Å². The fraction of sp³-hybridized carbons (Fsp3) is 0.286. The number of benzene rings is 1. The van der Waals surface area contributed by atoms with Crippen LogP contribution in [0.5, 0.6) is 0 Å². The third kappa shape index (κ3) is 3.62. The predicted octanol–water partition coefficient (Wildman–Crippen LogP) is 4.18. The SMILES string of the molecule is COC(=O)c1c(C)[nH]c(C(=O)C(C)Sc2ncc(-c3ccccc3)n2C)c1C. The lowest BCUT2D eigenvalue weighted by Gasteiger charge is -2.11. The third-order valence-electron chi connectivity index (χ3n) is 4.74. The standard InChI is InChI=1S/C21H23N3O3S/c1-12-17(20(26)27-5)13(2)23-18(12)19(25)14(3)28-21-22-11-16(24(21)4)15-9-7-6-8-10-15/h6-11,14,23H,1-5H3. The fourth-order valence-corrected chi connectivity index (χ4v) is 4.11. The van der Waals surface area contributed by atoms with Crippen LogP contribution in [0.15, 0.2) is 41.7 Å². The minimum absolute atomic E-state index is 0.0787. The average Bonchev–Trinajstić information content (AvgIpc) is 3.20. The lowest BCUT2D eigenvalue weighted by atomic mass is 10.1. The number of ether oxygens (including phenoxy) is 1. The molecule has 0 saturated heterocycles. The highest BCUT2D eigenvalue weighted by molar-refractivity contribution is 8.00. The average molecular weight is 398 g/mol. The van der Waals surface area contributed by atoms with Crippen LogP contribution in [0.1, 0.15) is 39.0 Å². The van der Waals surface area contributed by atoms with Crippen molar-refractivity contribution < 1.29 is 14.3 Å². The number of carbonyl (C=O) groups is 2. The highest BCUT2D eigenvalue weighted by Gasteiger charge is 2.27. The molecule has 146 valence electrons. The summed E-state index contributed by atoms with van der Waals surface area (Å²) in [7, 11) is 3.27. The number of nitrogens with one attached hydrogen (secondary N) is 1. The molecule has 1 N–H and O–H groups in total. The van der Waals surface area contributed by atoms with Crippen molar-refractivity contribution in [3.05, 3.63) is 59.0 Å². The van der Waals surface area contributed by atoms with E-state index in [2.05, 4.69) is 9.97 Å². The molecule has 0 amide bonds. The zero-order valence-corrected chi connectivity index (χ0v) is 17.4. The second kappa shape index (κ2) is 8.06. The van der Waals surface area contributed by atoms with Crippen LogP contribution in [-0.2, 0) is 11.8 Å². The van der Waals surface area contributed by atoms with E-state index >= 15 is 0 Å². The Hall–Kier alpha value is -2.80. The molecule has 1 unspecified atom stereocenters. The Balaban J connectivity index is 1.83. The number of thioether (sulfide) groups is 1. The Kier molecular flexibility index (Phi) is 5.74. The minimum atomic E-state index is -0.442. The molecule has 0 radical (unpaired) electrons. The van der Waals surface area contributed by atoms with Gasteiger partial charge in [-0.3, -0.25) is 4.79 Å². The van der Waals surface area contributed by atoms with Gasteiger partial charge in [0, 0.05) is 12.7 Å². The van der Waals surface area contributed by atoms with Crippen molar-refractivity contribution in [3.63, 3.8) is 0 Å². The van der Waals surface area contributed by atoms with Gasteiger partial charge in [0.25, 0.3) is 0 Å². The maximum atomic E-state index is 13.0. The van der Waals surface area contributed by atoms with Crippen molar-refractivity contribution in [2.24, 2.45) is 7.05 Å². The summed E-state index contributed by atoms with van der Waals surface area (Å²) >= 11 is 1.39. The van der Waals surface area contributed by atoms with Gasteiger partial charge in [-0.05, 0) is 31.9 Å². The van der Waals surface area contributed by atoms with Crippen molar-refractivity contribution in [1.82, 2.24) is 14.5 Å². The normalized spacial score (nSPS) is 12.0. The van der Waals surface area contributed by atoms with Crippen LogP contribution >= 0.6 is 11.8 Å². The number of carbonyl (C=O) groups excluding carboxylic acids is 2. The molecular weight excluding hydrogens is 374 g/mol. The second-order valence-electron chi connectivity index (χ2n) is 6.59. The maximum Gasteiger partial charge on any atom is 0.339 e. The van der Waals surface area contributed by atoms with E-state index in [1.165, 1.54) is 18.9 Å². The Morgan fingerprint density at radius 2 is 1.89 bits per heavy atom. The molecule has 0 spiro atoms. The van der Waals surface area contributed by atoms with E-state index in [1.54, 1.807) is 13.8 Å². The first-order chi connectivity index (χ1) is 13.3. The van der Waals surface area contributed by atoms with Gasteiger partial charge in [0.05, 0.1) is 35.5 Å². The number of aromatic nitrogens is 3. The van der Waals surface area contributed by atoms with Crippen molar-refractivity contribution in [2.75, 3.05) is 7.11 Å². The van der Waals surface area contributed by atoms with Crippen LogP contribution in [0.25, 0.3) is 11.3 Å². The molecule has 2 heterocycles. The molecule has 3 aromatic rings. The molecule has 0 bridgehead atoms. The topological polar surface area (TPSA) is 77.0 Å². The van der Waals surface area contributed by atoms with Crippen LogP contribution in [0, 0.1) is 13.8 Å². The summed E-state index contributed by atoms with van der Waals surface area (Å²) < 4.78 is 6.80. The summed E-state index contributed by atoms with van der Waals surface area (Å²) in [4.78, 5) is 32.5. The summed E-state index contributed by atoms with van der Waals surface area (Å²) in [5, 5.41) is 0.390. The number of H-pyrrole nitrogens is 1. The number of nitrogens with zero attached hydrogens (tertiary/aromatic N) is 2. The fourth-order valence-electron chi connectivity index (χ4n) is 3.20. The molecule has 1 aromatic carbocycles. The lowest BCUT2D eigenvalue weighted by Crippen LogP contribution is -2.16. The third-order valence-corrected chi connectivity index (χ3v) is 5.90. The van der Waals surface area contributed by atoms with Gasteiger partial charge in [-0.2, -0.15) is 0 Å². The first kappa shape index (κ1) is 19.9. The van der Waals surface area contributed by atoms with E-state index in [9.17, 15) is 9.59 Å². The molecule has 7 heteroatoms. The molecule has 28 heavy (non-hydrogen) atoms. The second-order valence-corrected chi connectivity index (χ2v) is 7.90. The Labute approximate surface area is 168 Å².